The molecule has 0 radical (unpaired) electrons. The summed E-state index contributed by atoms with van der Waals surface area (Å²) in [6.07, 6.45) is -4.74. The van der Waals surface area contributed by atoms with Crippen LogP contribution in [0.4, 0.5) is 17.6 Å². The van der Waals surface area contributed by atoms with Gasteiger partial charge in [-0.05, 0) is 38.5 Å². The lowest BCUT2D eigenvalue weighted by Gasteiger charge is -2.43. The topological polar surface area (TPSA) is 38.3 Å². The minimum atomic E-state index is -4.74. The molecule has 1 saturated heterocycles. The van der Waals surface area contributed by atoms with E-state index in [2.05, 4.69) is 4.72 Å². The van der Waals surface area contributed by atoms with Gasteiger partial charge in [-0.1, -0.05) is 19.9 Å². The van der Waals surface area contributed by atoms with Crippen molar-refractivity contribution < 1.29 is 26.5 Å². The molecule has 1 N–H and O–H groups in total. The molecule has 1 aromatic carbocycles. The van der Waals surface area contributed by atoms with Crippen molar-refractivity contribution in [3.8, 4) is 0 Å². The van der Waals surface area contributed by atoms with Crippen molar-refractivity contribution in [3.05, 3.63) is 35.1 Å². The fourth-order valence-corrected chi connectivity index (χ4v) is 2.86. The summed E-state index contributed by atoms with van der Waals surface area (Å²) in [5, 5.41) is 0. The van der Waals surface area contributed by atoms with Crippen LogP contribution in [0.2, 0.25) is 0 Å². The van der Waals surface area contributed by atoms with E-state index in [1.807, 2.05) is 13.8 Å². The quantitative estimate of drug-likeness (QED) is 0.813. The number of hydrogen-bond donors (Lipinski definition) is 1. The van der Waals surface area contributed by atoms with Crippen LogP contribution in [0, 0.1) is 5.82 Å². The van der Waals surface area contributed by atoms with E-state index in [1.54, 1.807) is 20.8 Å². The molecule has 0 bridgehead atoms. The Morgan fingerprint density at radius 2 is 1.71 bits per heavy atom. The van der Waals surface area contributed by atoms with Crippen LogP contribution in [0.5, 0.6) is 0 Å². The predicted octanol–water partition coefficient (Wildman–Crippen LogP) is 4.15. The van der Waals surface area contributed by atoms with Crippen molar-refractivity contribution in [2.75, 3.05) is 13.2 Å². The highest BCUT2D eigenvalue weighted by Gasteiger charge is 2.44. The zero-order valence-electron chi connectivity index (χ0n) is 14.4. The highest BCUT2D eigenvalue weighted by atomic mass is 32.2. The molecule has 1 aliphatic heterocycles. The normalized spacial score (nSPS) is 18.2. The number of ether oxygens (including phenoxy) is 1. The number of benzene rings is 1. The maximum atomic E-state index is 13.7. The standard InChI is InChI=1S/C14H17F4NO2S.C2H6/c1-12(2,3)22(20)19-13(7-21-8-13)9-4-5-10(11(15)6-9)14(16,17)18;1-2/h4-6,19H,7-8H2,1-3H3;1-2H3. The van der Waals surface area contributed by atoms with E-state index in [1.165, 1.54) is 6.07 Å². The first-order chi connectivity index (χ1) is 11.0. The molecule has 1 fully saturated rings. The lowest BCUT2D eigenvalue weighted by molar-refractivity contribution is -0.140. The largest absolute Gasteiger partial charge is 0.419 e. The van der Waals surface area contributed by atoms with Gasteiger partial charge in [-0.25, -0.2) is 13.3 Å². The van der Waals surface area contributed by atoms with Gasteiger partial charge in [0.05, 0.1) is 34.5 Å². The highest BCUT2D eigenvalue weighted by molar-refractivity contribution is 7.84. The Hall–Kier alpha value is -0.990. The Morgan fingerprint density at radius 3 is 2.04 bits per heavy atom. The number of nitrogens with one attached hydrogen (secondary N) is 1. The second kappa shape index (κ2) is 7.49. The summed E-state index contributed by atoms with van der Waals surface area (Å²) in [6.45, 7) is 9.53. The Labute approximate surface area is 142 Å². The van der Waals surface area contributed by atoms with Gasteiger partial charge in [0.25, 0.3) is 0 Å². The molecule has 0 amide bonds. The lowest BCUT2D eigenvalue weighted by atomic mass is 9.88. The molecule has 1 unspecified atom stereocenters. The minimum absolute atomic E-state index is 0.125. The van der Waals surface area contributed by atoms with Crippen LogP contribution in [0.15, 0.2) is 18.2 Å². The molecule has 1 heterocycles. The molecule has 2 rings (SSSR count). The van der Waals surface area contributed by atoms with Crippen LogP contribution in [-0.2, 0) is 27.4 Å². The van der Waals surface area contributed by atoms with Gasteiger partial charge in [0.1, 0.15) is 11.4 Å². The van der Waals surface area contributed by atoms with Gasteiger partial charge in [-0.3, -0.25) is 0 Å². The maximum absolute atomic E-state index is 13.7. The zero-order valence-corrected chi connectivity index (χ0v) is 15.2. The summed E-state index contributed by atoms with van der Waals surface area (Å²) >= 11 is 0. The summed E-state index contributed by atoms with van der Waals surface area (Å²) < 4.78 is 71.2. The average Bonchev–Trinajstić information content (AvgIpc) is 2.42. The second-order valence-electron chi connectivity index (χ2n) is 6.25. The van der Waals surface area contributed by atoms with Gasteiger partial charge in [0, 0.05) is 0 Å². The first kappa shape index (κ1) is 21.1. The van der Waals surface area contributed by atoms with E-state index in [-0.39, 0.29) is 13.2 Å². The summed E-state index contributed by atoms with van der Waals surface area (Å²) in [4.78, 5) is 0. The molecule has 1 aliphatic rings. The van der Waals surface area contributed by atoms with Crippen molar-refractivity contribution in [1.82, 2.24) is 4.72 Å². The van der Waals surface area contributed by atoms with Gasteiger partial charge >= 0.3 is 6.18 Å². The molecule has 0 spiro atoms. The molecule has 24 heavy (non-hydrogen) atoms. The molecular weight excluding hydrogens is 346 g/mol. The third-order valence-electron chi connectivity index (χ3n) is 3.37. The van der Waals surface area contributed by atoms with E-state index in [9.17, 15) is 21.8 Å². The molecule has 1 aromatic rings. The van der Waals surface area contributed by atoms with E-state index in [0.29, 0.717) is 11.6 Å². The third kappa shape index (κ3) is 4.55. The summed E-state index contributed by atoms with van der Waals surface area (Å²) in [6, 6.07) is 2.73. The minimum Gasteiger partial charge on any atom is -0.377 e. The molecule has 3 nitrogen and oxygen atoms in total. The Balaban J connectivity index is 0.00000139. The highest BCUT2D eigenvalue weighted by Crippen LogP contribution is 2.36. The van der Waals surface area contributed by atoms with Crippen molar-refractivity contribution in [1.29, 1.82) is 0 Å². The van der Waals surface area contributed by atoms with Crippen LogP contribution in [0.25, 0.3) is 0 Å². The average molecular weight is 369 g/mol. The molecule has 138 valence electrons. The maximum Gasteiger partial charge on any atom is 0.419 e. The van der Waals surface area contributed by atoms with E-state index in [0.717, 1.165) is 6.07 Å². The number of halogens is 4. The van der Waals surface area contributed by atoms with Crippen molar-refractivity contribution in [3.63, 3.8) is 0 Å². The van der Waals surface area contributed by atoms with Gasteiger partial charge in [0.15, 0.2) is 0 Å². The first-order valence-corrected chi connectivity index (χ1v) is 8.75. The number of rotatable bonds is 3. The number of hydrogen-bond acceptors (Lipinski definition) is 2. The molecule has 1 atom stereocenters. The summed E-state index contributed by atoms with van der Waals surface area (Å²) in [7, 11) is -1.46. The number of alkyl halides is 3. The molecule has 8 heteroatoms. The molecule has 0 aromatic heterocycles. The van der Waals surface area contributed by atoms with Gasteiger partial charge in [-0.2, -0.15) is 13.2 Å². The van der Waals surface area contributed by atoms with Crippen LogP contribution in [0.3, 0.4) is 0 Å². The fraction of sp³-hybridized carbons (Fsp3) is 0.625. The monoisotopic (exact) mass is 369 g/mol. The van der Waals surface area contributed by atoms with Crippen LogP contribution in [-0.4, -0.2) is 22.2 Å². The SMILES string of the molecule is CC.CC(C)(C)S(=O)NC1(c2ccc(C(F)(F)F)c(F)c2)COC1. The van der Waals surface area contributed by atoms with Gasteiger partial charge in [0.2, 0.25) is 0 Å². The molecular formula is C16H23F4NO2S. The molecule has 0 aliphatic carbocycles. The fourth-order valence-electron chi connectivity index (χ4n) is 1.96. The zero-order chi connectivity index (χ0) is 18.8. The van der Waals surface area contributed by atoms with Crippen molar-refractivity contribution in [2.24, 2.45) is 0 Å². The lowest BCUT2D eigenvalue weighted by Crippen LogP contribution is -2.60. The van der Waals surface area contributed by atoms with Gasteiger partial charge < -0.3 is 4.74 Å². The third-order valence-corrected chi connectivity index (χ3v) is 5.06. The Bertz CT molecular complexity index is 593. The Kier molecular flexibility index (Phi) is 6.57. The predicted molar refractivity (Wildman–Crippen MR) is 86.3 cm³/mol. The summed E-state index contributed by atoms with van der Waals surface area (Å²) in [5.74, 6) is -1.35. The van der Waals surface area contributed by atoms with Crippen molar-refractivity contribution in [2.45, 2.75) is 51.1 Å². The summed E-state index contributed by atoms with van der Waals surface area (Å²) in [5.41, 5.74) is -1.95. The second-order valence-corrected chi connectivity index (χ2v) is 8.22. The van der Waals surface area contributed by atoms with Gasteiger partial charge in [-0.15, -0.1) is 0 Å². The van der Waals surface area contributed by atoms with E-state index in [4.69, 9.17) is 4.74 Å². The van der Waals surface area contributed by atoms with Crippen LogP contribution in [0.1, 0.15) is 45.7 Å². The van der Waals surface area contributed by atoms with E-state index >= 15 is 0 Å². The van der Waals surface area contributed by atoms with Crippen LogP contribution >= 0.6 is 0 Å². The van der Waals surface area contributed by atoms with Crippen molar-refractivity contribution >= 4 is 11.0 Å². The Morgan fingerprint density at radius 1 is 1.17 bits per heavy atom. The molecule has 0 saturated carbocycles. The van der Waals surface area contributed by atoms with Crippen LogP contribution < -0.4 is 4.72 Å². The smallest absolute Gasteiger partial charge is 0.377 e. The first-order valence-electron chi connectivity index (χ1n) is 7.60. The van der Waals surface area contributed by atoms with E-state index < -0.39 is 38.8 Å².